The molecule has 5 heteroatoms. The first-order chi connectivity index (χ1) is 9.02. The molecule has 3 heterocycles. The molecular weight excluding hydrogens is 260 g/mol. The van der Waals surface area contributed by atoms with Gasteiger partial charge in [0.05, 0.1) is 11.3 Å². The highest BCUT2D eigenvalue weighted by molar-refractivity contribution is 7.89. The second-order valence-electron chi connectivity index (χ2n) is 5.69. The lowest BCUT2D eigenvalue weighted by molar-refractivity contribution is 0.208. The highest BCUT2D eigenvalue weighted by atomic mass is 32.2. The Labute approximate surface area is 112 Å². The molecule has 0 spiro atoms. The van der Waals surface area contributed by atoms with Gasteiger partial charge in [0, 0.05) is 23.1 Å². The second kappa shape index (κ2) is 3.41. The summed E-state index contributed by atoms with van der Waals surface area (Å²) in [6, 6.07) is 8.23. The number of hydrogen-bond donors (Lipinski definition) is 1. The first kappa shape index (κ1) is 11.5. The van der Waals surface area contributed by atoms with Crippen LogP contribution in [0.25, 0.3) is 10.9 Å². The van der Waals surface area contributed by atoms with Crippen LogP contribution in [-0.4, -0.2) is 30.0 Å². The fourth-order valence-electron chi connectivity index (χ4n) is 3.64. The van der Waals surface area contributed by atoms with Gasteiger partial charge in [0.15, 0.2) is 0 Å². The molecule has 0 aliphatic carbocycles. The summed E-state index contributed by atoms with van der Waals surface area (Å²) < 4.78 is 26.0. The van der Waals surface area contributed by atoms with Crippen molar-refractivity contribution in [2.24, 2.45) is 0 Å². The van der Waals surface area contributed by atoms with Crippen LogP contribution >= 0.6 is 0 Å². The number of aromatic nitrogens is 1. The van der Waals surface area contributed by atoms with Crippen molar-refractivity contribution in [3.05, 3.63) is 35.5 Å². The van der Waals surface area contributed by atoms with E-state index >= 15 is 0 Å². The smallest absolute Gasteiger partial charge is 0.215 e. The third-order valence-electron chi connectivity index (χ3n) is 4.65. The normalized spacial score (nSPS) is 29.3. The van der Waals surface area contributed by atoms with Gasteiger partial charge in [-0.25, -0.2) is 8.42 Å². The standard InChI is InChI=1S/C14H16N2O2S/c1-14-7-9-19(17,18)16(14)8-6-11-10-4-2-3-5-12(10)15-13(11)14/h2-5,15H,6-9H2,1H3/t14-/m1/s1. The Hall–Kier alpha value is -1.33. The third kappa shape index (κ3) is 1.34. The summed E-state index contributed by atoms with van der Waals surface area (Å²) in [5, 5.41) is 1.24. The molecule has 2 aliphatic rings. The van der Waals surface area contributed by atoms with E-state index < -0.39 is 10.0 Å². The minimum atomic E-state index is -3.07. The largest absolute Gasteiger partial charge is 0.357 e. The average Bonchev–Trinajstić information content (AvgIpc) is 2.87. The van der Waals surface area contributed by atoms with Crippen LogP contribution in [0, 0.1) is 0 Å². The Morgan fingerprint density at radius 1 is 1.32 bits per heavy atom. The average molecular weight is 276 g/mol. The van der Waals surface area contributed by atoms with Crippen molar-refractivity contribution < 1.29 is 8.42 Å². The van der Waals surface area contributed by atoms with Gasteiger partial charge in [-0.3, -0.25) is 0 Å². The van der Waals surface area contributed by atoms with Crippen LogP contribution < -0.4 is 0 Å². The van der Waals surface area contributed by atoms with Crippen molar-refractivity contribution in [1.29, 1.82) is 0 Å². The van der Waals surface area contributed by atoms with Crippen LogP contribution in [0.1, 0.15) is 24.6 Å². The zero-order valence-corrected chi connectivity index (χ0v) is 11.6. The van der Waals surface area contributed by atoms with Crippen molar-refractivity contribution in [3.8, 4) is 0 Å². The fraction of sp³-hybridized carbons (Fsp3) is 0.429. The molecule has 0 unspecified atom stereocenters. The summed E-state index contributed by atoms with van der Waals surface area (Å²) in [7, 11) is -3.07. The number of benzene rings is 1. The quantitative estimate of drug-likeness (QED) is 0.800. The van der Waals surface area contributed by atoms with Gasteiger partial charge in [-0.1, -0.05) is 18.2 Å². The Morgan fingerprint density at radius 3 is 2.95 bits per heavy atom. The Balaban J connectivity index is 2.01. The zero-order valence-electron chi connectivity index (χ0n) is 10.8. The van der Waals surface area contributed by atoms with E-state index in [4.69, 9.17) is 0 Å². The van der Waals surface area contributed by atoms with Gasteiger partial charge in [0.25, 0.3) is 0 Å². The molecule has 0 saturated carbocycles. The summed E-state index contributed by atoms with van der Waals surface area (Å²) in [5.41, 5.74) is 3.12. The van der Waals surface area contributed by atoms with Gasteiger partial charge < -0.3 is 4.98 Å². The minimum Gasteiger partial charge on any atom is -0.357 e. The molecule has 1 aromatic heterocycles. The number of rotatable bonds is 0. The van der Waals surface area contributed by atoms with E-state index in [1.807, 2.05) is 19.1 Å². The molecule has 100 valence electrons. The number of nitrogens with zero attached hydrogens (tertiary/aromatic N) is 1. The van der Waals surface area contributed by atoms with Crippen LogP contribution in [0.15, 0.2) is 24.3 Å². The van der Waals surface area contributed by atoms with E-state index in [0.717, 1.165) is 17.6 Å². The highest BCUT2D eigenvalue weighted by Gasteiger charge is 2.51. The Bertz CT molecular complexity index is 778. The minimum absolute atomic E-state index is 0.262. The van der Waals surface area contributed by atoms with Gasteiger partial charge in [-0.15, -0.1) is 0 Å². The van der Waals surface area contributed by atoms with Crippen LogP contribution in [0.4, 0.5) is 0 Å². The van der Waals surface area contributed by atoms with Crippen LogP contribution in [-0.2, 0) is 22.0 Å². The topological polar surface area (TPSA) is 53.2 Å². The maximum Gasteiger partial charge on any atom is 0.215 e. The molecule has 1 aromatic carbocycles. The zero-order chi connectivity index (χ0) is 13.3. The molecular formula is C14H16N2O2S. The third-order valence-corrected chi connectivity index (χ3v) is 6.63. The van der Waals surface area contributed by atoms with Crippen molar-refractivity contribution in [2.45, 2.75) is 25.3 Å². The monoisotopic (exact) mass is 276 g/mol. The summed E-state index contributed by atoms with van der Waals surface area (Å²) in [5.74, 6) is 0.262. The molecule has 2 aliphatic heterocycles. The number of para-hydroxylation sites is 1. The molecule has 4 rings (SSSR count). The Kier molecular flexibility index (Phi) is 2.06. The SMILES string of the molecule is C[C@]12CCS(=O)(=O)N1CCc1c2[nH]c2ccccc12. The Morgan fingerprint density at radius 2 is 2.11 bits per heavy atom. The van der Waals surface area contributed by atoms with Crippen molar-refractivity contribution in [3.63, 3.8) is 0 Å². The van der Waals surface area contributed by atoms with Crippen molar-refractivity contribution >= 4 is 20.9 Å². The lowest BCUT2D eigenvalue weighted by Crippen LogP contribution is -2.45. The number of sulfonamides is 1. The fourth-order valence-corrected chi connectivity index (χ4v) is 5.68. The first-order valence-electron chi connectivity index (χ1n) is 6.63. The van der Waals surface area contributed by atoms with Crippen LogP contribution in [0.5, 0.6) is 0 Å². The summed E-state index contributed by atoms with van der Waals surface area (Å²) in [6.07, 6.45) is 1.48. The molecule has 4 nitrogen and oxygen atoms in total. The van der Waals surface area contributed by atoms with E-state index in [1.165, 1.54) is 10.9 Å². The number of nitrogens with one attached hydrogen (secondary N) is 1. The van der Waals surface area contributed by atoms with E-state index in [9.17, 15) is 8.42 Å². The molecule has 1 saturated heterocycles. The van der Waals surface area contributed by atoms with Gasteiger partial charge in [-0.2, -0.15) is 4.31 Å². The second-order valence-corrected chi connectivity index (χ2v) is 7.70. The molecule has 2 aromatic rings. The maximum atomic E-state index is 12.1. The molecule has 0 amide bonds. The summed E-state index contributed by atoms with van der Waals surface area (Å²) in [4.78, 5) is 3.46. The lowest BCUT2D eigenvalue weighted by atomic mass is 9.86. The predicted molar refractivity (Wildman–Crippen MR) is 74.5 cm³/mol. The number of H-pyrrole nitrogens is 1. The molecule has 1 N–H and O–H groups in total. The van der Waals surface area contributed by atoms with E-state index in [-0.39, 0.29) is 11.3 Å². The van der Waals surface area contributed by atoms with Gasteiger partial charge in [0.1, 0.15) is 0 Å². The first-order valence-corrected chi connectivity index (χ1v) is 8.24. The van der Waals surface area contributed by atoms with Gasteiger partial charge in [-0.05, 0) is 31.4 Å². The highest BCUT2D eigenvalue weighted by Crippen LogP contribution is 2.46. The van der Waals surface area contributed by atoms with Crippen molar-refractivity contribution in [1.82, 2.24) is 9.29 Å². The molecule has 1 fully saturated rings. The van der Waals surface area contributed by atoms with E-state index in [2.05, 4.69) is 17.1 Å². The van der Waals surface area contributed by atoms with E-state index in [1.54, 1.807) is 4.31 Å². The molecule has 0 bridgehead atoms. The van der Waals surface area contributed by atoms with Gasteiger partial charge in [0.2, 0.25) is 10.0 Å². The maximum absolute atomic E-state index is 12.1. The van der Waals surface area contributed by atoms with Crippen LogP contribution in [0.2, 0.25) is 0 Å². The van der Waals surface area contributed by atoms with E-state index in [0.29, 0.717) is 13.0 Å². The molecule has 0 radical (unpaired) electrons. The lowest BCUT2D eigenvalue weighted by Gasteiger charge is -2.37. The summed E-state index contributed by atoms with van der Waals surface area (Å²) >= 11 is 0. The van der Waals surface area contributed by atoms with Gasteiger partial charge >= 0.3 is 0 Å². The predicted octanol–water partition coefficient (Wildman–Crippen LogP) is 1.97. The molecule has 19 heavy (non-hydrogen) atoms. The molecule has 1 atom stereocenters. The number of hydrogen-bond acceptors (Lipinski definition) is 2. The number of aromatic amines is 1. The van der Waals surface area contributed by atoms with Crippen molar-refractivity contribution in [2.75, 3.05) is 12.3 Å². The summed E-state index contributed by atoms with van der Waals surface area (Å²) in [6.45, 7) is 2.65. The number of fused-ring (bicyclic) bond motifs is 5. The van der Waals surface area contributed by atoms with Crippen LogP contribution in [0.3, 0.4) is 0 Å².